The Hall–Kier alpha value is -1.68. The SMILES string of the molecule is CC.CCCCc1cc(-c2ccnc(C(C)(C)O)c2)n(C)n1. The first kappa shape index (κ1) is 18.4. The van der Waals surface area contributed by atoms with Gasteiger partial charge in [0.25, 0.3) is 0 Å². The molecule has 0 atom stereocenters. The van der Waals surface area contributed by atoms with Gasteiger partial charge in [0.05, 0.1) is 17.1 Å². The van der Waals surface area contributed by atoms with Crippen LogP contribution >= 0.6 is 0 Å². The molecule has 0 unspecified atom stereocenters. The van der Waals surface area contributed by atoms with Crippen molar-refractivity contribution in [1.29, 1.82) is 0 Å². The quantitative estimate of drug-likeness (QED) is 0.905. The molecule has 0 bridgehead atoms. The van der Waals surface area contributed by atoms with E-state index in [0.29, 0.717) is 5.69 Å². The Kier molecular flexibility index (Phi) is 6.75. The van der Waals surface area contributed by atoms with Crippen LogP contribution in [0.25, 0.3) is 11.3 Å². The lowest BCUT2D eigenvalue weighted by Crippen LogP contribution is -2.17. The number of hydrogen-bond acceptors (Lipinski definition) is 3. The van der Waals surface area contributed by atoms with Crippen LogP contribution in [0.4, 0.5) is 0 Å². The monoisotopic (exact) mass is 303 g/mol. The highest BCUT2D eigenvalue weighted by Crippen LogP contribution is 2.25. The normalized spacial score (nSPS) is 11.0. The number of aromatic nitrogens is 3. The number of aliphatic hydroxyl groups is 1. The van der Waals surface area contributed by atoms with Gasteiger partial charge in [0.1, 0.15) is 5.60 Å². The lowest BCUT2D eigenvalue weighted by molar-refractivity contribution is 0.0739. The van der Waals surface area contributed by atoms with E-state index in [9.17, 15) is 5.11 Å². The standard InChI is InChI=1S/C16H23N3O.C2H6/c1-5-6-7-13-11-14(19(4)18-13)12-8-9-17-15(10-12)16(2,3)20;1-2/h8-11,20H,5-7H2,1-4H3;1-2H3. The van der Waals surface area contributed by atoms with Crippen LogP contribution in [0.2, 0.25) is 0 Å². The van der Waals surface area contributed by atoms with Gasteiger partial charge in [0, 0.05) is 18.8 Å². The highest BCUT2D eigenvalue weighted by atomic mass is 16.3. The van der Waals surface area contributed by atoms with Crippen molar-refractivity contribution in [3.63, 3.8) is 0 Å². The molecule has 0 aliphatic heterocycles. The lowest BCUT2D eigenvalue weighted by atomic mass is 10.0. The van der Waals surface area contributed by atoms with Crippen molar-refractivity contribution >= 4 is 0 Å². The van der Waals surface area contributed by atoms with Crippen LogP contribution in [0, 0.1) is 0 Å². The fourth-order valence-electron chi connectivity index (χ4n) is 2.20. The molecular weight excluding hydrogens is 274 g/mol. The van der Waals surface area contributed by atoms with Crippen LogP contribution in [0.15, 0.2) is 24.4 Å². The molecule has 4 heteroatoms. The molecule has 22 heavy (non-hydrogen) atoms. The summed E-state index contributed by atoms with van der Waals surface area (Å²) in [5.74, 6) is 0. The average Bonchev–Trinajstić information content (AvgIpc) is 2.87. The maximum atomic E-state index is 10.1. The average molecular weight is 303 g/mol. The topological polar surface area (TPSA) is 50.9 Å². The zero-order valence-corrected chi connectivity index (χ0v) is 14.7. The molecule has 2 aromatic heterocycles. The third-order valence-corrected chi connectivity index (χ3v) is 3.40. The molecular formula is C18H29N3O. The van der Waals surface area contributed by atoms with E-state index in [1.807, 2.05) is 37.7 Å². The van der Waals surface area contributed by atoms with Crippen LogP contribution in [-0.2, 0) is 19.1 Å². The molecule has 0 aromatic carbocycles. The summed E-state index contributed by atoms with van der Waals surface area (Å²) >= 11 is 0. The zero-order valence-electron chi connectivity index (χ0n) is 14.7. The maximum absolute atomic E-state index is 10.1. The van der Waals surface area contributed by atoms with Crippen molar-refractivity contribution in [2.24, 2.45) is 7.05 Å². The van der Waals surface area contributed by atoms with Crippen LogP contribution in [0.3, 0.4) is 0 Å². The summed E-state index contributed by atoms with van der Waals surface area (Å²) in [5, 5.41) is 14.6. The molecule has 0 spiro atoms. The molecule has 0 radical (unpaired) electrons. The van der Waals surface area contributed by atoms with Gasteiger partial charge in [0.15, 0.2) is 0 Å². The molecule has 2 aromatic rings. The van der Waals surface area contributed by atoms with Gasteiger partial charge in [-0.1, -0.05) is 27.2 Å². The van der Waals surface area contributed by atoms with Crippen LogP contribution in [0.5, 0.6) is 0 Å². The van der Waals surface area contributed by atoms with Crippen molar-refractivity contribution < 1.29 is 5.11 Å². The molecule has 0 aliphatic carbocycles. The molecule has 122 valence electrons. The minimum atomic E-state index is -0.931. The number of nitrogens with zero attached hydrogens (tertiary/aromatic N) is 3. The summed E-state index contributed by atoms with van der Waals surface area (Å²) in [6.07, 6.45) is 5.07. The second kappa shape index (κ2) is 8.08. The molecule has 2 rings (SSSR count). The highest BCUT2D eigenvalue weighted by molar-refractivity contribution is 5.60. The predicted molar refractivity (Wildman–Crippen MR) is 91.6 cm³/mol. The van der Waals surface area contributed by atoms with Gasteiger partial charge in [0.2, 0.25) is 0 Å². The van der Waals surface area contributed by atoms with Gasteiger partial charge in [-0.3, -0.25) is 9.67 Å². The van der Waals surface area contributed by atoms with Crippen molar-refractivity contribution in [3.8, 4) is 11.3 Å². The first-order valence-electron chi connectivity index (χ1n) is 8.14. The van der Waals surface area contributed by atoms with Crippen LogP contribution in [-0.4, -0.2) is 19.9 Å². The molecule has 0 saturated carbocycles. The Morgan fingerprint density at radius 1 is 1.23 bits per heavy atom. The van der Waals surface area contributed by atoms with Crippen molar-refractivity contribution in [1.82, 2.24) is 14.8 Å². The zero-order chi connectivity index (χ0) is 16.8. The fraction of sp³-hybridized carbons (Fsp3) is 0.556. The summed E-state index contributed by atoms with van der Waals surface area (Å²) in [6.45, 7) is 9.67. The summed E-state index contributed by atoms with van der Waals surface area (Å²) in [4.78, 5) is 4.24. The highest BCUT2D eigenvalue weighted by Gasteiger charge is 2.18. The van der Waals surface area contributed by atoms with E-state index in [0.717, 1.165) is 29.8 Å². The van der Waals surface area contributed by atoms with Gasteiger partial charge >= 0.3 is 0 Å². The largest absolute Gasteiger partial charge is 0.384 e. The van der Waals surface area contributed by atoms with Crippen molar-refractivity contribution in [2.45, 2.75) is 59.5 Å². The molecule has 2 heterocycles. The molecule has 0 amide bonds. The smallest absolute Gasteiger partial charge is 0.101 e. The minimum Gasteiger partial charge on any atom is -0.384 e. The summed E-state index contributed by atoms with van der Waals surface area (Å²) in [7, 11) is 1.95. The maximum Gasteiger partial charge on any atom is 0.101 e. The van der Waals surface area contributed by atoms with E-state index in [4.69, 9.17) is 0 Å². The lowest BCUT2D eigenvalue weighted by Gasteiger charge is -2.17. The molecule has 0 saturated heterocycles. The Balaban J connectivity index is 0.00000116. The van der Waals surface area contributed by atoms with Crippen LogP contribution in [0.1, 0.15) is 58.8 Å². The Morgan fingerprint density at radius 2 is 1.91 bits per heavy atom. The van der Waals surface area contributed by atoms with E-state index < -0.39 is 5.60 Å². The first-order chi connectivity index (χ1) is 10.4. The van der Waals surface area contributed by atoms with Gasteiger partial charge in [-0.2, -0.15) is 5.10 Å². The molecule has 0 aliphatic rings. The predicted octanol–water partition coefficient (Wildman–Crippen LogP) is 4.08. The Morgan fingerprint density at radius 3 is 2.50 bits per heavy atom. The third kappa shape index (κ3) is 4.67. The summed E-state index contributed by atoms with van der Waals surface area (Å²) in [5.41, 5.74) is 2.95. The van der Waals surface area contributed by atoms with E-state index in [2.05, 4.69) is 23.1 Å². The van der Waals surface area contributed by atoms with Crippen LogP contribution < -0.4 is 0 Å². The second-order valence-corrected chi connectivity index (χ2v) is 5.74. The number of unbranched alkanes of at least 4 members (excludes halogenated alkanes) is 1. The fourth-order valence-corrected chi connectivity index (χ4v) is 2.20. The van der Waals surface area contributed by atoms with Crippen molar-refractivity contribution in [2.75, 3.05) is 0 Å². The molecule has 4 nitrogen and oxygen atoms in total. The van der Waals surface area contributed by atoms with Gasteiger partial charge in [-0.05, 0) is 44.9 Å². The number of hydrogen-bond donors (Lipinski definition) is 1. The van der Waals surface area contributed by atoms with E-state index in [1.165, 1.54) is 6.42 Å². The molecule has 1 N–H and O–H groups in total. The van der Waals surface area contributed by atoms with Gasteiger partial charge in [-0.25, -0.2) is 0 Å². The van der Waals surface area contributed by atoms with E-state index in [-0.39, 0.29) is 0 Å². The second-order valence-electron chi connectivity index (χ2n) is 5.74. The third-order valence-electron chi connectivity index (χ3n) is 3.40. The van der Waals surface area contributed by atoms with Crippen molar-refractivity contribution in [3.05, 3.63) is 35.8 Å². The Labute approximate surface area is 134 Å². The number of rotatable bonds is 5. The number of aryl methyl sites for hydroxylation is 2. The van der Waals surface area contributed by atoms with Gasteiger partial charge < -0.3 is 5.11 Å². The van der Waals surface area contributed by atoms with E-state index in [1.54, 1.807) is 20.0 Å². The Bertz CT molecular complexity index is 582. The summed E-state index contributed by atoms with van der Waals surface area (Å²) in [6, 6.07) is 6.01. The summed E-state index contributed by atoms with van der Waals surface area (Å²) < 4.78 is 1.90. The first-order valence-corrected chi connectivity index (χ1v) is 8.14. The van der Waals surface area contributed by atoms with Gasteiger partial charge in [-0.15, -0.1) is 0 Å². The molecule has 0 fully saturated rings. The number of pyridine rings is 1. The minimum absolute atomic E-state index is 0.673. The van der Waals surface area contributed by atoms with E-state index >= 15 is 0 Å².